The second kappa shape index (κ2) is 3.49. The van der Waals surface area contributed by atoms with Crippen LogP contribution in [0.3, 0.4) is 0 Å². The first kappa shape index (κ1) is 9.16. The average Bonchev–Trinajstić information content (AvgIpc) is 2.37. The van der Waals surface area contributed by atoms with Gasteiger partial charge in [-0.1, -0.05) is 30.3 Å². The van der Waals surface area contributed by atoms with Gasteiger partial charge in [0.15, 0.2) is 0 Å². The summed E-state index contributed by atoms with van der Waals surface area (Å²) in [7, 11) is 1.69. The summed E-state index contributed by atoms with van der Waals surface area (Å²) < 4.78 is 5.40. The van der Waals surface area contributed by atoms with Gasteiger partial charge in [-0.25, -0.2) is 0 Å². The van der Waals surface area contributed by atoms with E-state index < -0.39 is 0 Å². The molecule has 0 radical (unpaired) electrons. The molecule has 0 spiro atoms. The molecule has 3 aromatic rings. The smallest absolute Gasteiger partial charge is 0.128 e. The molecule has 0 fully saturated rings. The maximum atomic E-state index is 5.40. The van der Waals surface area contributed by atoms with Gasteiger partial charge in [0.1, 0.15) is 5.75 Å². The van der Waals surface area contributed by atoms with Crippen LogP contribution in [0.2, 0.25) is 0 Å². The Morgan fingerprint density at radius 3 is 2.62 bits per heavy atom. The first-order valence-electron chi connectivity index (χ1n) is 5.20. The molecule has 0 aliphatic rings. The number of pyridine rings is 1. The Kier molecular flexibility index (Phi) is 2.00. The molecule has 2 aromatic carbocycles. The first-order valence-corrected chi connectivity index (χ1v) is 5.20. The van der Waals surface area contributed by atoms with Crippen LogP contribution in [0.5, 0.6) is 5.75 Å². The van der Waals surface area contributed by atoms with Crippen molar-refractivity contribution in [2.75, 3.05) is 7.11 Å². The molecule has 0 N–H and O–H groups in total. The van der Waals surface area contributed by atoms with E-state index in [1.807, 2.05) is 24.4 Å². The largest absolute Gasteiger partial charge is 0.496 e. The van der Waals surface area contributed by atoms with Crippen molar-refractivity contribution in [3.05, 3.63) is 48.7 Å². The van der Waals surface area contributed by atoms with Gasteiger partial charge >= 0.3 is 0 Å². The number of benzene rings is 2. The van der Waals surface area contributed by atoms with Gasteiger partial charge in [-0.3, -0.25) is 4.98 Å². The third kappa shape index (κ3) is 1.23. The van der Waals surface area contributed by atoms with E-state index in [-0.39, 0.29) is 0 Å². The number of rotatable bonds is 1. The fourth-order valence-corrected chi connectivity index (χ4v) is 2.05. The lowest BCUT2D eigenvalue weighted by atomic mass is 10.1. The van der Waals surface area contributed by atoms with E-state index in [0.717, 1.165) is 27.4 Å². The Hall–Kier alpha value is -2.09. The van der Waals surface area contributed by atoms with Gasteiger partial charge in [-0.05, 0) is 17.5 Å². The number of ether oxygens (including phenoxy) is 1. The number of hydrogen-bond donors (Lipinski definition) is 0. The van der Waals surface area contributed by atoms with Crippen molar-refractivity contribution >= 4 is 21.7 Å². The molecule has 1 heterocycles. The van der Waals surface area contributed by atoms with Gasteiger partial charge in [0.05, 0.1) is 18.0 Å². The van der Waals surface area contributed by atoms with Crippen molar-refractivity contribution in [3.63, 3.8) is 0 Å². The van der Waals surface area contributed by atoms with Crippen molar-refractivity contribution in [1.82, 2.24) is 4.98 Å². The molecule has 2 nitrogen and oxygen atoms in total. The monoisotopic (exact) mass is 209 g/mol. The molecule has 1 aromatic heterocycles. The molecule has 0 aliphatic carbocycles. The topological polar surface area (TPSA) is 22.1 Å². The number of methoxy groups -OCH3 is 1. The van der Waals surface area contributed by atoms with Crippen molar-refractivity contribution in [2.45, 2.75) is 0 Å². The molecule has 0 saturated heterocycles. The van der Waals surface area contributed by atoms with E-state index in [2.05, 4.69) is 29.2 Å². The molecule has 16 heavy (non-hydrogen) atoms. The predicted molar refractivity (Wildman–Crippen MR) is 65.8 cm³/mol. The van der Waals surface area contributed by atoms with Crippen LogP contribution < -0.4 is 4.74 Å². The molecule has 0 saturated carbocycles. The molecule has 0 bridgehead atoms. The maximum absolute atomic E-state index is 5.40. The summed E-state index contributed by atoms with van der Waals surface area (Å²) >= 11 is 0. The fraction of sp³-hybridized carbons (Fsp3) is 0.0714. The molecule has 78 valence electrons. The number of aromatic nitrogens is 1. The van der Waals surface area contributed by atoms with Crippen molar-refractivity contribution in [2.24, 2.45) is 0 Å². The van der Waals surface area contributed by atoms with Crippen LogP contribution in [-0.4, -0.2) is 12.1 Å². The van der Waals surface area contributed by atoms with Gasteiger partial charge in [-0.2, -0.15) is 0 Å². The zero-order chi connectivity index (χ0) is 11.0. The molecule has 0 atom stereocenters. The van der Waals surface area contributed by atoms with Crippen LogP contribution in [0.15, 0.2) is 48.7 Å². The summed E-state index contributed by atoms with van der Waals surface area (Å²) in [4.78, 5) is 4.44. The minimum absolute atomic E-state index is 0.877. The van der Waals surface area contributed by atoms with Crippen molar-refractivity contribution in [3.8, 4) is 5.75 Å². The van der Waals surface area contributed by atoms with Crippen molar-refractivity contribution < 1.29 is 4.74 Å². The predicted octanol–water partition coefficient (Wildman–Crippen LogP) is 3.40. The Labute approximate surface area is 93.5 Å². The summed E-state index contributed by atoms with van der Waals surface area (Å²) in [6.45, 7) is 0. The quantitative estimate of drug-likeness (QED) is 0.573. The molecular formula is C14H11NO. The van der Waals surface area contributed by atoms with E-state index in [1.54, 1.807) is 7.11 Å². The zero-order valence-electron chi connectivity index (χ0n) is 8.97. The second-order valence-electron chi connectivity index (χ2n) is 3.70. The highest BCUT2D eigenvalue weighted by molar-refractivity contribution is 6.08. The van der Waals surface area contributed by atoms with Gasteiger partial charge in [0, 0.05) is 11.6 Å². The van der Waals surface area contributed by atoms with Gasteiger partial charge in [0.2, 0.25) is 0 Å². The second-order valence-corrected chi connectivity index (χ2v) is 3.70. The molecule has 0 aliphatic heterocycles. The molecule has 0 amide bonds. The normalized spacial score (nSPS) is 10.8. The minimum Gasteiger partial charge on any atom is -0.496 e. The highest BCUT2D eigenvalue weighted by Gasteiger charge is 2.05. The summed E-state index contributed by atoms with van der Waals surface area (Å²) in [5.41, 5.74) is 0.998. The first-order chi connectivity index (χ1) is 7.90. The third-order valence-corrected chi connectivity index (χ3v) is 2.80. The van der Waals surface area contributed by atoms with Crippen LogP contribution in [0, 0.1) is 0 Å². The summed E-state index contributed by atoms with van der Waals surface area (Å²) in [5.74, 6) is 0.877. The van der Waals surface area contributed by atoms with Crippen LogP contribution in [0.4, 0.5) is 0 Å². The fourth-order valence-electron chi connectivity index (χ4n) is 2.05. The standard InChI is InChI=1S/C14H11NO/c1-16-12-6-2-4-10-7-8-11-5-3-9-15-14(11)13(10)12/h2-9H,1H3. The van der Waals surface area contributed by atoms with Gasteiger partial charge in [0.25, 0.3) is 0 Å². The van der Waals surface area contributed by atoms with Gasteiger partial charge in [-0.15, -0.1) is 0 Å². The lowest BCUT2D eigenvalue weighted by Crippen LogP contribution is -1.87. The highest BCUT2D eigenvalue weighted by atomic mass is 16.5. The van der Waals surface area contributed by atoms with E-state index >= 15 is 0 Å². The van der Waals surface area contributed by atoms with Crippen LogP contribution in [-0.2, 0) is 0 Å². The third-order valence-electron chi connectivity index (χ3n) is 2.80. The Morgan fingerprint density at radius 2 is 1.75 bits per heavy atom. The lowest BCUT2D eigenvalue weighted by Gasteiger charge is -2.07. The molecule has 3 rings (SSSR count). The molecular weight excluding hydrogens is 198 g/mol. The Morgan fingerprint density at radius 1 is 0.938 bits per heavy atom. The van der Waals surface area contributed by atoms with E-state index in [0.29, 0.717) is 0 Å². The van der Waals surface area contributed by atoms with Gasteiger partial charge < -0.3 is 4.74 Å². The Bertz CT molecular complexity index is 661. The highest BCUT2D eigenvalue weighted by Crippen LogP contribution is 2.31. The van der Waals surface area contributed by atoms with E-state index in [1.165, 1.54) is 0 Å². The van der Waals surface area contributed by atoms with E-state index in [4.69, 9.17) is 4.74 Å². The summed E-state index contributed by atoms with van der Waals surface area (Å²) in [6, 6.07) is 14.2. The summed E-state index contributed by atoms with van der Waals surface area (Å²) in [6.07, 6.45) is 1.81. The van der Waals surface area contributed by atoms with Crippen LogP contribution >= 0.6 is 0 Å². The Balaban J connectivity index is 2.57. The SMILES string of the molecule is COc1cccc2ccc3cccnc3c12. The number of fused-ring (bicyclic) bond motifs is 3. The van der Waals surface area contributed by atoms with Crippen LogP contribution in [0.1, 0.15) is 0 Å². The maximum Gasteiger partial charge on any atom is 0.128 e. The lowest BCUT2D eigenvalue weighted by molar-refractivity contribution is 0.420. The van der Waals surface area contributed by atoms with E-state index in [9.17, 15) is 0 Å². The number of nitrogens with zero attached hydrogens (tertiary/aromatic N) is 1. The molecule has 2 heteroatoms. The average molecular weight is 209 g/mol. The zero-order valence-corrected chi connectivity index (χ0v) is 8.97. The van der Waals surface area contributed by atoms with Crippen LogP contribution in [0.25, 0.3) is 21.7 Å². The molecule has 0 unspecified atom stereocenters. The van der Waals surface area contributed by atoms with Crippen molar-refractivity contribution in [1.29, 1.82) is 0 Å². The minimum atomic E-state index is 0.877. The number of hydrogen-bond acceptors (Lipinski definition) is 2. The summed E-state index contributed by atoms with van der Waals surface area (Å²) in [5, 5.41) is 3.38.